The van der Waals surface area contributed by atoms with Crippen LogP contribution in [0.4, 0.5) is 13.2 Å². The van der Waals surface area contributed by atoms with Crippen LogP contribution >= 0.6 is 0 Å². The van der Waals surface area contributed by atoms with Crippen LogP contribution in [-0.4, -0.2) is 40.6 Å². The molecular weight excluding hydrogens is 393 g/mol. The van der Waals surface area contributed by atoms with Gasteiger partial charge < -0.3 is 5.32 Å². The first-order valence-corrected chi connectivity index (χ1v) is 10.00. The van der Waals surface area contributed by atoms with Gasteiger partial charge in [-0.2, -0.15) is 18.3 Å². The number of hydrogen-bond donors (Lipinski definition) is 2. The van der Waals surface area contributed by atoms with E-state index in [0.717, 1.165) is 42.9 Å². The molecule has 2 N–H and O–H groups in total. The van der Waals surface area contributed by atoms with Crippen molar-refractivity contribution in [1.29, 1.82) is 0 Å². The lowest BCUT2D eigenvalue weighted by Gasteiger charge is -2.33. The molecule has 1 atom stereocenters. The summed E-state index contributed by atoms with van der Waals surface area (Å²) in [6, 6.07) is 12.9. The number of para-hydroxylation sites is 1. The maximum Gasteiger partial charge on any atom is 0.416 e. The first-order valence-electron chi connectivity index (χ1n) is 10.00. The minimum absolute atomic E-state index is 0.220. The highest BCUT2D eigenvalue weighted by molar-refractivity contribution is 6.04. The Hall–Kier alpha value is -2.87. The number of piperidine rings is 1. The summed E-state index contributed by atoms with van der Waals surface area (Å²) in [6.07, 6.45) is -2.41. The Bertz CT molecular complexity index is 1030. The number of nitrogens with one attached hydrogen (secondary N) is 2. The first-order chi connectivity index (χ1) is 14.4. The summed E-state index contributed by atoms with van der Waals surface area (Å²) in [5, 5.41) is 10.7. The number of hydrogen-bond acceptors (Lipinski definition) is 3. The fourth-order valence-electron chi connectivity index (χ4n) is 4.02. The number of fused-ring (bicyclic) bond motifs is 1. The van der Waals surface area contributed by atoms with E-state index in [9.17, 15) is 18.0 Å². The van der Waals surface area contributed by atoms with Gasteiger partial charge in [-0.15, -0.1) is 0 Å². The molecule has 1 fully saturated rings. The van der Waals surface area contributed by atoms with E-state index in [4.69, 9.17) is 0 Å². The third-order valence-electron chi connectivity index (χ3n) is 5.50. The Morgan fingerprint density at radius 2 is 2.03 bits per heavy atom. The van der Waals surface area contributed by atoms with Crippen molar-refractivity contribution >= 4 is 16.8 Å². The van der Waals surface area contributed by atoms with Crippen molar-refractivity contribution in [2.45, 2.75) is 25.6 Å². The van der Waals surface area contributed by atoms with Gasteiger partial charge in [-0.25, -0.2) is 0 Å². The number of benzene rings is 2. The lowest BCUT2D eigenvalue weighted by Crippen LogP contribution is -2.40. The molecule has 1 aliphatic rings. The number of nitrogens with zero attached hydrogens (tertiary/aromatic N) is 2. The molecule has 0 aliphatic carbocycles. The van der Waals surface area contributed by atoms with Crippen molar-refractivity contribution in [2.24, 2.45) is 5.92 Å². The van der Waals surface area contributed by atoms with E-state index < -0.39 is 11.7 Å². The van der Waals surface area contributed by atoms with Crippen molar-refractivity contribution in [2.75, 3.05) is 19.6 Å². The third-order valence-corrected chi connectivity index (χ3v) is 5.50. The fraction of sp³-hybridized carbons (Fsp3) is 0.364. The summed E-state index contributed by atoms with van der Waals surface area (Å²) >= 11 is 0. The topological polar surface area (TPSA) is 61.0 Å². The largest absolute Gasteiger partial charge is 0.416 e. The number of halogens is 3. The summed E-state index contributed by atoms with van der Waals surface area (Å²) in [5.41, 5.74) is 1.22. The number of H-pyrrole nitrogens is 1. The van der Waals surface area contributed by atoms with E-state index in [0.29, 0.717) is 24.3 Å². The van der Waals surface area contributed by atoms with Gasteiger partial charge in [-0.3, -0.25) is 14.8 Å². The molecule has 1 aromatic heterocycles. The van der Waals surface area contributed by atoms with Crippen LogP contribution < -0.4 is 5.32 Å². The molecule has 8 heteroatoms. The average molecular weight is 416 g/mol. The van der Waals surface area contributed by atoms with E-state index in [1.807, 2.05) is 24.3 Å². The molecular formula is C22H23F3N4O. The molecule has 1 amide bonds. The van der Waals surface area contributed by atoms with Crippen LogP contribution in [0.1, 0.15) is 34.5 Å². The summed E-state index contributed by atoms with van der Waals surface area (Å²) in [7, 11) is 0. The number of aromatic amines is 1. The number of alkyl halides is 3. The number of amides is 1. The predicted octanol–water partition coefficient (Wildman–Crippen LogP) is 4.22. The smallest absolute Gasteiger partial charge is 0.350 e. The van der Waals surface area contributed by atoms with Crippen LogP contribution in [0.3, 0.4) is 0 Å². The van der Waals surface area contributed by atoms with Gasteiger partial charge >= 0.3 is 6.18 Å². The van der Waals surface area contributed by atoms with Gasteiger partial charge in [-0.05, 0) is 43.0 Å². The number of aromatic nitrogens is 2. The fourth-order valence-corrected chi connectivity index (χ4v) is 4.02. The lowest BCUT2D eigenvalue weighted by molar-refractivity contribution is -0.137. The van der Waals surface area contributed by atoms with Gasteiger partial charge in [0.2, 0.25) is 0 Å². The zero-order valence-corrected chi connectivity index (χ0v) is 16.4. The second kappa shape index (κ2) is 8.47. The Morgan fingerprint density at radius 3 is 2.87 bits per heavy atom. The zero-order valence-electron chi connectivity index (χ0n) is 16.4. The SMILES string of the molecule is O=C(NC[C@H]1CCCN(Cc2cccc(C(F)(F)F)c2)C1)c1n[nH]c2ccccc12. The highest BCUT2D eigenvalue weighted by Crippen LogP contribution is 2.30. The van der Waals surface area contributed by atoms with Gasteiger partial charge in [0.05, 0.1) is 11.1 Å². The average Bonchev–Trinajstić information content (AvgIpc) is 3.16. The Balaban J connectivity index is 1.34. The normalized spacial score (nSPS) is 17.9. The van der Waals surface area contributed by atoms with Crippen molar-refractivity contribution in [3.05, 3.63) is 65.4 Å². The van der Waals surface area contributed by atoms with Crippen LogP contribution in [0, 0.1) is 5.92 Å². The monoisotopic (exact) mass is 416 g/mol. The van der Waals surface area contributed by atoms with Crippen molar-refractivity contribution in [3.63, 3.8) is 0 Å². The molecule has 30 heavy (non-hydrogen) atoms. The molecule has 4 rings (SSSR count). The number of carbonyl (C=O) groups excluding carboxylic acids is 1. The molecule has 0 saturated carbocycles. The van der Waals surface area contributed by atoms with E-state index in [2.05, 4.69) is 20.4 Å². The van der Waals surface area contributed by atoms with Crippen LogP contribution in [0.2, 0.25) is 0 Å². The molecule has 0 spiro atoms. The van der Waals surface area contributed by atoms with Crippen LogP contribution in [0.15, 0.2) is 48.5 Å². The second-order valence-corrected chi connectivity index (χ2v) is 7.77. The maximum absolute atomic E-state index is 12.9. The third kappa shape index (κ3) is 4.64. The van der Waals surface area contributed by atoms with E-state index in [1.165, 1.54) is 12.1 Å². The summed E-state index contributed by atoms with van der Waals surface area (Å²) in [6.45, 7) is 2.56. The zero-order chi connectivity index (χ0) is 21.1. The molecule has 0 unspecified atom stereocenters. The molecule has 5 nitrogen and oxygen atoms in total. The molecule has 1 aliphatic heterocycles. The number of rotatable bonds is 5. The molecule has 1 saturated heterocycles. The highest BCUT2D eigenvalue weighted by atomic mass is 19.4. The van der Waals surface area contributed by atoms with Crippen molar-refractivity contribution < 1.29 is 18.0 Å². The quantitative estimate of drug-likeness (QED) is 0.655. The highest BCUT2D eigenvalue weighted by Gasteiger charge is 2.30. The molecule has 3 aromatic rings. The van der Waals surface area contributed by atoms with Gasteiger partial charge in [0.25, 0.3) is 5.91 Å². The molecule has 0 radical (unpaired) electrons. The second-order valence-electron chi connectivity index (χ2n) is 7.77. The van der Waals surface area contributed by atoms with E-state index >= 15 is 0 Å². The lowest BCUT2D eigenvalue weighted by atomic mass is 9.97. The number of carbonyl (C=O) groups is 1. The summed E-state index contributed by atoms with van der Waals surface area (Å²) in [4.78, 5) is 14.7. The van der Waals surface area contributed by atoms with Gasteiger partial charge in [0.15, 0.2) is 5.69 Å². The van der Waals surface area contributed by atoms with Crippen LogP contribution in [0.5, 0.6) is 0 Å². The van der Waals surface area contributed by atoms with Crippen LogP contribution in [0.25, 0.3) is 10.9 Å². The minimum Gasteiger partial charge on any atom is -0.350 e. The Labute approximate surface area is 172 Å². The van der Waals surface area contributed by atoms with Gasteiger partial charge in [0.1, 0.15) is 0 Å². The standard InChI is InChI=1S/C22H23F3N4O/c23-22(24,25)17-7-3-5-15(11-17)13-29-10-4-6-16(14-29)12-26-21(30)20-18-8-1-2-9-19(18)27-28-20/h1-3,5,7-9,11,16H,4,6,10,12-14H2,(H,26,30)(H,27,28)/t16-/m1/s1. The van der Waals surface area contributed by atoms with Gasteiger partial charge in [-0.1, -0.05) is 36.4 Å². The minimum atomic E-state index is -4.33. The van der Waals surface area contributed by atoms with E-state index in [1.54, 1.807) is 6.07 Å². The maximum atomic E-state index is 12.9. The molecule has 158 valence electrons. The first kappa shape index (κ1) is 20.4. The summed E-state index contributed by atoms with van der Waals surface area (Å²) in [5.74, 6) is 0.0288. The molecule has 2 aromatic carbocycles. The molecule has 2 heterocycles. The molecule has 0 bridgehead atoms. The Kier molecular flexibility index (Phi) is 5.76. The summed E-state index contributed by atoms with van der Waals surface area (Å²) < 4.78 is 38.8. The van der Waals surface area contributed by atoms with Gasteiger partial charge in [0, 0.05) is 25.0 Å². The van der Waals surface area contributed by atoms with E-state index in [-0.39, 0.29) is 11.8 Å². The van der Waals surface area contributed by atoms with Crippen molar-refractivity contribution in [3.8, 4) is 0 Å². The Morgan fingerprint density at radius 1 is 1.20 bits per heavy atom. The van der Waals surface area contributed by atoms with Crippen molar-refractivity contribution in [1.82, 2.24) is 20.4 Å². The predicted molar refractivity (Wildman–Crippen MR) is 108 cm³/mol. The number of likely N-dealkylation sites (tertiary alicyclic amines) is 1. The van der Waals surface area contributed by atoms with Crippen LogP contribution in [-0.2, 0) is 12.7 Å².